The Balaban J connectivity index is 1.79. The van der Waals surface area contributed by atoms with Crippen molar-refractivity contribution in [2.75, 3.05) is 53.0 Å². The van der Waals surface area contributed by atoms with Crippen molar-refractivity contribution in [3.8, 4) is 0 Å². The van der Waals surface area contributed by atoms with E-state index in [-0.39, 0.29) is 30.3 Å². The fourth-order valence-electron chi connectivity index (χ4n) is 4.71. The predicted molar refractivity (Wildman–Crippen MR) is 121 cm³/mol. The van der Waals surface area contributed by atoms with Crippen molar-refractivity contribution in [1.29, 1.82) is 0 Å². The molecule has 2 aliphatic heterocycles. The standard InChI is InChI=1S/C24H37FN4O3/c1-18(2)14-28(15-19-5-7-20(25)8-6-19)21-13-22(29(16-21)23(30)17-32-3)24(31)27-11-4-9-26-10-12-27/h5-8,18,21-22,26H,4,9-17H2,1-3H3. The average molecular weight is 449 g/mol. The van der Waals surface area contributed by atoms with Crippen LogP contribution in [0.5, 0.6) is 0 Å². The first-order valence-corrected chi connectivity index (χ1v) is 11.7. The maximum Gasteiger partial charge on any atom is 0.249 e. The second kappa shape index (κ2) is 11.7. The molecule has 2 saturated heterocycles. The zero-order valence-corrected chi connectivity index (χ0v) is 19.6. The Morgan fingerprint density at radius 1 is 1.22 bits per heavy atom. The van der Waals surface area contributed by atoms with Gasteiger partial charge in [0, 0.05) is 52.4 Å². The topological polar surface area (TPSA) is 65.1 Å². The van der Waals surface area contributed by atoms with Gasteiger partial charge in [0.1, 0.15) is 18.5 Å². The average Bonchev–Trinajstić information content (AvgIpc) is 3.02. The molecule has 0 bridgehead atoms. The van der Waals surface area contributed by atoms with Gasteiger partial charge in [-0.05, 0) is 43.0 Å². The maximum absolute atomic E-state index is 13.5. The second-order valence-corrected chi connectivity index (χ2v) is 9.26. The molecule has 2 heterocycles. The fraction of sp³-hybridized carbons (Fsp3) is 0.667. The van der Waals surface area contributed by atoms with Crippen LogP contribution in [0.15, 0.2) is 24.3 Å². The SMILES string of the molecule is COCC(=O)N1CC(N(Cc2ccc(F)cc2)CC(C)C)CC1C(=O)N1CCCNCC1. The number of rotatable bonds is 8. The molecule has 2 unspecified atom stereocenters. The molecule has 1 aromatic carbocycles. The van der Waals surface area contributed by atoms with Crippen molar-refractivity contribution in [3.63, 3.8) is 0 Å². The predicted octanol–water partition coefficient (Wildman–Crippen LogP) is 1.72. The van der Waals surface area contributed by atoms with Crippen LogP contribution in [-0.2, 0) is 20.9 Å². The molecule has 2 amide bonds. The Hall–Kier alpha value is -2.03. The lowest BCUT2D eigenvalue weighted by Gasteiger charge is -2.30. The lowest BCUT2D eigenvalue weighted by atomic mass is 10.1. The molecule has 2 aliphatic rings. The summed E-state index contributed by atoms with van der Waals surface area (Å²) < 4.78 is 18.5. The van der Waals surface area contributed by atoms with E-state index in [0.29, 0.717) is 38.5 Å². The van der Waals surface area contributed by atoms with E-state index < -0.39 is 6.04 Å². The lowest BCUT2D eigenvalue weighted by molar-refractivity contribution is -0.145. The summed E-state index contributed by atoms with van der Waals surface area (Å²) in [6.45, 7) is 9.34. The van der Waals surface area contributed by atoms with Gasteiger partial charge >= 0.3 is 0 Å². The van der Waals surface area contributed by atoms with Gasteiger partial charge in [0.2, 0.25) is 11.8 Å². The van der Waals surface area contributed by atoms with Crippen molar-refractivity contribution in [2.45, 2.75) is 45.3 Å². The first kappa shape index (κ1) is 24.6. The lowest BCUT2D eigenvalue weighted by Crippen LogP contribution is -2.49. The summed E-state index contributed by atoms with van der Waals surface area (Å²) in [6, 6.07) is 6.15. The summed E-state index contributed by atoms with van der Waals surface area (Å²) in [4.78, 5) is 32.3. The number of hydrogen-bond donors (Lipinski definition) is 1. The van der Waals surface area contributed by atoms with Gasteiger partial charge in [0.25, 0.3) is 0 Å². The van der Waals surface area contributed by atoms with Crippen LogP contribution in [-0.4, -0.2) is 91.6 Å². The molecule has 3 rings (SSSR count). The van der Waals surface area contributed by atoms with Crippen molar-refractivity contribution < 1.29 is 18.7 Å². The largest absolute Gasteiger partial charge is 0.375 e. The quantitative estimate of drug-likeness (QED) is 0.656. The second-order valence-electron chi connectivity index (χ2n) is 9.26. The molecule has 7 nitrogen and oxygen atoms in total. The van der Waals surface area contributed by atoms with Crippen LogP contribution in [0.25, 0.3) is 0 Å². The minimum atomic E-state index is -0.469. The van der Waals surface area contributed by atoms with Crippen LogP contribution in [0.4, 0.5) is 4.39 Å². The van der Waals surface area contributed by atoms with E-state index in [9.17, 15) is 14.0 Å². The van der Waals surface area contributed by atoms with Crippen LogP contribution < -0.4 is 5.32 Å². The summed E-state index contributed by atoms with van der Waals surface area (Å²) in [6.07, 6.45) is 1.52. The zero-order chi connectivity index (χ0) is 23.1. The highest BCUT2D eigenvalue weighted by Crippen LogP contribution is 2.27. The smallest absolute Gasteiger partial charge is 0.249 e. The summed E-state index contributed by atoms with van der Waals surface area (Å²) >= 11 is 0. The van der Waals surface area contributed by atoms with Crippen molar-refractivity contribution in [3.05, 3.63) is 35.6 Å². The molecular weight excluding hydrogens is 411 g/mol. The maximum atomic E-state index is 13.5. The third-order valence-corrected chi connectivity index (χ3v) is 6.22. The van der Waals surface area contributed by atoms with Crippen molar-refractivity contribution in [1.82, 2.24) is 20.0 Å². The highest BCUT2D eigenvalue weighted by atomic mass is 19.1. The van der Waals surface area contributed by atoms with E-state index >= 15 is 0 Å². The molecule has 0 radical (unpaired) electrons. The van der Waals surface area contributed by atoms with Crippen LogP contribution in [0.3, 0.4) is 0 Å². The first-order valence-electron chi connectivity index (χ1n) is 11.7. The van der Waals surface area contributed by atoms with Gasteiger partial charge in [-0.3, -0.25) is 14.5 Å². The molecule has 0 spiro atoms. The molecule has 178 valence electrons. The summed E-state index contributed by atoms with van der Waals surface area (Å²) in [7, 11) is 1.50. The molecule has 0 aromatic heterocycles. The molecule has 1 aromatic rings. The summed E-state index contributed by atoms with van der Waals surface area (Å²) in [5.41, 5.74) is 1.02. The molecule has 0 saturated carbocycles. The minimum absolute atomic E-state index is 0.0276. The van der Waals surface area contributed by atoms with Crippen LogP contribution in [0.1, 0.15) is 32.3 Å². The van der Waals surface area contributed by atoms with E-state index in [2.05, 4.69) is 24.1 Å². The Kier molecular flexibility index (Phi) is 9.02. The van der Waals surface area contributed by atoms with Gasteiger partial charge in [0.05, 0.1) is 0 Å². The van der Waals surface area contributed by atoms with Gasteiger partial charge in [-0.1, -0.05) is 26.0 Å². The van der Waals surface area contributed by atoms with E-state index in [1.165, 1.54) is 19.2 Å². The summed E-state index contributed by atoms with van der Waals surface area (Å²) in [5.74, 6) is 0.0588. The van der Waals surface area contributed by atoms with Crippen LogP contribution in [0.2, 0.25) is 0 Å². The van der Waals surface area contributed by atoms with Crippen molar-refractivity contribution >= 4 is 11.8 Å². The Morgan fingerprint density at radius 2 is 1.97 bits per heavy atom. The number of hydrogen-bond acceptors (Lipinski definition) is 5. The Labute approximate surface area is 190 Å². The molecule has 2 fully saturated rings. The third kappa shape index (κ3) is 6.49. The van der Waals surface area contributed by atoms with Crippen molar-refractivity contribution in [2.24, 2.45) is 5.92 Å². The molecular formula is C24H37FN4O3. The number of methoxy groups -OCH3 is 1. The minimum Gasteiger partial charge on any atom is -0.375 e. The van der Waals surface area contributed by atoms with Gasteiger partial charge in [-0.2, -0.15) is 0 Å². The van der Waals surface area contributed by atoms with Gasteiger partial charge in [-0.15, -0.1) is 0 Å². The van der Waals surface area contributed by atoms with E-state index in [4.69, 9.17) is 4.74 Å². The summed E-state index contributed by atoms with van der Waals surface area (Å²) in [5, 5.41) is 3.33. The van der Waals surface area contributed by atoms with Crippen LogP contribution >= 0.6 is 0 Å². The number of carbonyl (C=O) groups excluding carboxylic acids is 2. The number of benzene rings is 1. The third-order valence-electron chi connectivity index (χ3n) is 6.22. The number of likely N-dealkylation sites (tertiary alicyclic amines) is 1. The Morgan fingerprint density at radius 3 is 2.66 bits per heavy atom. The molecule has 1 N–H and O–H groups in total. The number of nitrogens with one attached hydrogen (secondary N) is 1. The molecule has 2 atom stereocenters. The highest BCUT2D eigenvalue weighted by Gasteiger charge is 2.43. The van der Waals surface area contributed by atoms with Gasteiger partial charge in [-0.25, -0.2) is 4.39 Å². The normalized spacial score (nSPS) is 21.9. The van der Waals surface area contributed by atoms with Crippen LogP contribution in [0, 0.1) is 11.7 Å². The van der Waals surface area contributed by atoms with E-state index in [1.807, 2.05) is 4.90 Å². The number of ether oxygens (including phenoxy) is 1. The monoisotopic (exact) mass is 448 g/mol. The van der Waals surface area contributed by atoms with E-state index in [0.717, 1.165) is 31.6 Å². The molecule has 32 heavy (non-hydrogen) atoms. The number of carbonyl (C=O) groups is 2. The number of amides is 2. The van der Waals surface area contributed by atoms with E-state index in [1.54, 1.807) is 17.0 Å². The zero-order valence-electron chi connectivity index (χ0n) is 19.6. The molecule has 8 heteroatoms. The van der Waals surface area contributed by atoms with Gasteiger partial charge in [0.15, 0.2) is 0 Å². The Bertz CT molecular complexity index is 750. The molecule has 0 aliphatic carbocycles. The first-order chi connectivity index (χ1) is 15.4. The number of nitrogens with zero attached hydrogens (tertiary/aromatic N) is 3. The highest BCUT2D eigenvalue weighted by molar-refractivity contribution is 5.89. The van der Waals surface area contributed by atoms with Gasteiger partial charge < -0.3 is 19.9 Å². The fourth-order valence-corrected chi connectivity index (χ4v) is 4.71. The number of halogens is 1.